The fourth-order valence-electron chi connectivity index (χ4n) is 1.95. The van der Waals surface area contributed by atoms with Crippen molar-refractivity contribution < 1.29 is 12.8 Å². The Labute approximate surface area is 123 Å². The third-order valence-electron chi connectivity index (χ3n) is 3.02. The molecular formula is C15H17FN2O2S. The number of nitrogens with one attached hydrogen (secondary N) is 1. The maximum absolute atomic E-state index is 13.6. The molecule has 0 unspecified atom stereocenters. The summed E-state index contributed by atoms with van der Waals surface area (Å²) in [5.41, 5.74) is 6.84. The number of aryl methyl sites for hydroxylation is 1. The SMILES string of the molecule is Nc1ccc(F)c(S(=O)(=O)NCCCc2ccccc2)c1. The van der Waals surface area contributed by atoms with E-state index in [1.807, 2.05) is 30.3 Å². The van der Waals surface area contributed by atoms with Gasteiger partial charge in [-0.05, 0) is 36.6 Å². The molecule has 0 aromatic heterocycles. The second-order valence-corrected chi connectivity index (χ2v) is 6.41. The molecule has 3 N–H and O–H groups in total. The van der Waals surface area contributed by atoms with Crippen LogP contribution in [0.4, 0.5) is 10.1 Å². The summed E-state index contributed by atoms with van der Waals surface area (Å²) < 4.78 is 40.0. The summed E-state index contributed by atoms with van der Waals surface area (Å²) in [5, 5.41) is 0. The van der Waals surface area contributed by atoms with Crippen molar-refractivity contribution in [2.75, 3.05) is 12.3 Å². The van der Waals surface area contributed by atoms with Crippen LogP contribution in [0.15, 0.2) is 53.4 Å². The minimum atomic E-state index is -3.87. The second kappa shape index (κ2) is 6.69. The lowest BCUT2D eigenvalue weighted by Crippen LogP contribution is -2.26. The summed E-state index contributed by atoms with van der Waals surface area (Å²) in [6.07, 6.45) is 1.38. The molecule has 0 atom stereocenters. The van der Waals surface area contributed by atoms with Crippen molar-refractivity contribution in [2.24, 2.45) is 0 Å². The number of hydrogen-bond donors (Lipinski definition) is 2. The van der Waals surface area contributed by atoms with E-state index in [9.17, 15) is 12.8 Å². The average molecular weight is 308 g/mol. The minimum Gasteiger partial charge on any atom is -0.399 e. The van der Waals surface area contributed by atoms with E-state index in [1.54, 1.807) is 0 Å². The van der Waals surface area contributed by atoms with Gasteiger partial charge in [-0.2, -0.15) is 0 Å². The molecule has 0 bridgehead atoms. The average Bonchev–Trinajstić information content (AvgIpc) is 2.47. The molecule has 0 saturated carbocycles. The summed E-state index contributed by atoms with van der Waals surface area (Å²) in [7, 11) is -3.87. The van der Waals surface area contributed by atoms with Crippen LogP contribution in [0.1, 0.15) is 12.0 Å². The number of nitrogens with two attached hydrogens (primary N) is 1. The van der Waals surface area contributed by atoms with Gasteiger partial charge in [0.1, 0.15) is 10.7 Å². The number of hydrogen-bond acceptors (Lipinski definition) is 3. The highest BCUT2D eigenvalue weighted by atomic mass is 32.2. The fourth-order valence-corrected chi connectivity index (χ4v) is 3.13. The Morgan fingerprint density at radius 3 is 2.52 bits per heavy atom. The first-order valence-corrected chi connectivity index (χ1v) is 8.06. The molecule has 0 amide bonds. The van der Waals surface area contributed by atoms with Gasteiger partial charge in [-0.15, -0.1) is 0 Å². The number of nitrogen functional groups attached to an aromatic ring is 1. The Bertz CT molecular complexity index is 703. The van der Waals surface area contributed by atoms with Crippen molar-refractivity contribution in [3.05, 3.63) is 59.9 Å². The van der Waals surface area contributed by atoms with Gasteiger partial charge in [0.05, 0.1) is 0 Å². The Morgan fingerprint density at radius 1 is 1.10 bits per heavy atom. The lowest BCUT2D eigenvalue weighted by Gasteiger charge is -2.08. The Balaban J connectivity index is 1.94. The number of rotatable bonds is 6. The van der Waals surface area contributed by atoms with E-state index < -0.39 is 20.7 Å². The highest BCUT2D eigenvalue weighted by Crippen LogP contribution is 2.17. The first-order chi connectivity index (χ1) is 9.99. The zero-order valence-electron chi connectivity index (χ0n) is 11.4. The van der Waals surface area contributed by atoms with E-state index in [4.69, 9.17) is 5.73 Å². The molecule has 0 aliphatic rings. The summed E-state index contributed by atoms with van der Waals surface area (Å²) in [6, 6.07) is 13.2. The van der Waals surface area contributed by atoms with E-state index in [-0.39, 0.29) is 12.2 Å². The van der Waals surface area contributed by atoms with Gasteiger partial charge in [-0.1, -0.05) is 30.3 Å². The topological polar surface area (TPSA) is 72.2 Å². The van der Waals surface area contributed by atoms with Gasteiger partial charge in [0.2, 0.25) is 10.0 Å². The van der Waals surface area contributed by atoms with E-state index in [1.165, 1.54) is 6.07 Å². The summed E-state index contributed by atoms with van der Waals surface area (Å²) in [6.45, 7) is 0.242. The molecule has 21 heavy (non-hydrogen) atoms. The molecule has 0 radical (unpaired) electrons. The lowest BCUT2D eigenvalue weighted by atomic mass is 10.1. The lowest BCUT2D eigenvalue weighted by molar-refractivity contribution is 0.555. The monoisotopic (exact) mass is 308 g/mol. The maximum atomic E-state index is 13.6. The highest BCUT2D eigenvalue weighted by Gasteiger charge is 2.18. The molecule has 0 fully saturated rings. The number of anilines is 1. The quantitative estimate of drug-likeness (QED) is 0.635. The van der Waals surface area contributed by atoms with Gasteiger partial charge >= 0.3 is 0 Å². The molecule has 6 heteroatoms. The predicted molar refractivity (Wildman–Crippen MR) is 80.8 cm³/mol. The van der Waals surface area contributed by atoms with E-state index >= 15 is 0 Å². The first-order valence-electron chi connectivity index (χ1n) is 6.58. The fraction of sp³-hybridized carbons (Fsp3) is 0.200. The van der Waals surface area contributed by atoms with Gasteiger partial charge in [0, 0.05) is 12.2 Å². The van der Waals surface area contributed by atoms with Crippen LogP contribution in [0, 0.1) is 5.82 Å². The molecule has 0 aliphatic heterocycles. The number of sulfonamides is 1. The largest absolute Gasteiger partial charge is 0.399 e. The smallest absolute Gasteiger partial charge is 0.243 e. The summed E-state index contributed by atoms with van der Waals surface area (Å²) >= 11 is 0. The minimum absolute atomic E-state index is 0.209. The maximum Gasteiger partial charge on any atom is 0.243 e. The molecule has 2 aromatic rings. The Morgan fingerprint density at radius 2 is 1.81 bits per heavy atom. The molecule has 4 nitrogen and oxygen atoms in total. The summed E-state index contributed by atoms with van der Waals surface area (Å²) in [4.78, 5) is -0.415. The standard InChI is InChI=1S/C15H17FN2O2S/c16-14-9-8-13(17)11-15(14)21(19,20)18-10-4-7-12-5-2-1-3-6-12/h1-3,5-6,8-9,11,18H,4,7,10,17H2. The molecule has 0 heterocycles. The normalized spacial score (nSPS) is 11.5. The number of benzene rings is 2. The van der Waals surface area contributed by atoms with Crippen molar-refractivity contribution in [1.29, 1.82) is 0 Å². The van der Waals surface area contributed by atoms with Crippen molar-refractivity contribution in [3.63, 3.8) is 0 Å². The van der Waals surface area contributed by atoms with Crippen LogP contribution in [0.2, 0.25) is 0 Å². The molecule has 0 spiro atoms. The van der Waals surface area contributed by atoms with Gasteiger partial charge in [-0.25, -0.2) is 17.5 Å². The third kappa shape index (κ3) is 4.27. The van der Waals surface area contributed by atoms with Crippen molar-refractivity contribution in [2.45, 2.75) is 17.7 Å². The molecule has 2 rings (SSSR count). The van der Waals surface area contributed by atoms with Crippen molar-refractivity contribution in [1.82, 2.24) is 4.72 Å². The van der Waals surface area contributed by atoms with Crippen LogP contribution in [0.5, 0.6) is 0 Å². The van der Waals surface area contributed by atoms with Crippen molar-refractivity contribution >= 4 is 15.7 Å². The van der Waals surface area contributed by atoms with Crippen LogP contribution < -0.4 is 10.5 Å². The zero-order valence-corrected chi connectivity index (χ0v) is 12.2. The van der Waals surface area contributed by atoms with Gasteiger partial charge in [-0.3, -0.25) is 0 Å². The zero-order chi connectivity index (χ0) is 15.3. The number of halogens is 1. The van der Waals surface area contributed by atoms with Crippen molar-refractivity contribution in [3.8, 4) is 0 Å². The Hall–Kier alpha value is -1.92. The van der Waals surface area contributed by atoms with E-state index in [0.717, 1.165) is 24.1 Å². The highest BCUT2D eigenvalue weighted by molar-refractivity contribution is 7.89. The van der Waals surface area contributed by atoms with Gasteiger partial charge in [0.25, 0.3) is 0 Å². The van der Waals surface area contributed by atoms with E-state index in [0.29, 0.717) is 6.42 Å². The van der Waals surface area contributed by atoms with Crippen LogP contribution in [-0.2, 0) is 16.4 Å². The molecule has 2 aromatic carbocycles. The van der Waals surface area contributed by atoms with Crippen LogP contribution in [0.3, 0.4) is 0 Å². The second-order valence-electron chi connectivity index (χ2n) is 4.68. The molecule has 0 saturated heterocycles. The van der Waals surface area contributed by atoms with Crippen LogP contribution in [0.25, 0.3) is 0 Å². The van der Waals surface area contributed by atoms with Gasteiger partial charge < -0.3 is 5.73 Å². The van der Waals surface area contributed by atoms with E-state index in [2.05, 4.69) is 4.72 Å². The van der Waals surface area contributed by atoms with Crippen LogP contribution in [-0.4, -0.2) is 15.0 Å². The Kier molecular flexibility index (Phi) is 4.93. The van der Waals surface area contributed by atoms with Crippen LogP contribution >= 0.6 is 0 Å². The third-order valence-corrected chi connectivity index (χ3v) is 4.50. The summed E-state index contributed by atoms with van der Waals surface area (Å²) in [5.74, 6) is -0.806. The molecule has 0 aliphatic carbocycles. The molecule has 112 valence electrons. The molecular weight excluding hydrogens is 291 g/mol. The van der Waals surface area contributed by atoms with Gasteiger partial charge in [0.15, 0.2) is 0 Å². The predicted octanol–water partition coefficient (Wildman–Crippen LogP) is 2.32. The first kappa shape index (κ1) is 15.5.